The largest absolute Gasteiger partial charge is 0.392 e. The number of carbonyl (C=O) groups is 1. The minimum absolute atomic E-state index is 0.00708. The molecule has 7 heteroatoms. The van der Waals surface area contributed by atoms with Crippen LogP contribution in [0.4, 0.5) is 9.93 Å². The van der Waals surface area contributed by atoms with Gasteiger partial charge in [0.05, 0.1) is 11.8 Å². The summed E-state index contributed by atoms with van der Waals surface area (Å²) in [5.41, 5.74) is 1.68. The Hall–Kier alpha value is -1.99. The molecule has 0 saturated heterocycles. The number of rotatable bonds is 5. The summed E-state index contributed by atoms with van der Waals surface area (Å²) >= 11 is 1.36. The maximum Gasteiger partial charge on any atom is 0.323 e. The number of nitrogens with zero attached hydrogens (tertiary/aromatic N) is 3. The van der Waals surface area contributed by atoms with Crippen molar-refractivity contribution in [3.8, 4) is 11.3 Å². The minimum Gasteiger partial charge on any atom is -0.392 e. The molecule has 0 aliphatic carbocycles. The Morgan fingerprint density at radius 1 is 1.45 bits per heavy atom. The number of hydrogen-bond donors (Lipinski definition) is 2. The predicted octanol–water partition coefficient (Wildman–Crippen LogP) is 2.83. The number of aliphatic hydroxyl groups is 1. The van der Waals surface area contributed by atoms with E-state index in [1.807, 2.05) is 31.4 Å². The summed E-state index contributed by atoms with van der Waals surface area (Å²) in [6, 6.07) is 3.49. The number of aromatic nitrogens is 2. The van der Waals surface area contributed by atoms with Crippen LogP contribution < -0.4 is 5.32 Å². The van der Waals surface area contributed by atoms with Crippen LogP contribution in [0.15, 0.2) is 29.9 Å². The highest BCUT2D eigenvalue weighted by Crippen LogP contribution is 2.24. The van der Waals surface area contributed by atoms with Crippen molar-refractivity contribution in [2.24, 2.45) is 0 Å². The van der Waals surface area contributed by atoms with Gasteiger partial charge in [-0.05, 0) is 32.9 Å². The van der Waals surface area contributed by atoms with E-state index in [9.17, 15) is 9.90 Å². The Morgan fingerprint density at radius 3 is 2.82 bits per heavy atom. The smallest absolute Gasteiger partial charge is 0.323 e. The lowest BCUT2D eigenvalue weighted by molar-refractivity contribution is 0.125. The zero-order valence-corrected chi connectivity index (χ0v) is 13.7. The van der Waals surface area contributed by atoms with Crippen LogP contribution in [0.25, 0.3) is 11.3 Å². The van der Waals surface area contributed by atoms with Crippen LogP contribution in [0.2, 0.25) is 0 Å². The van der Waals surface area contributed by atoms with E-state index >= 15 is 0 Å². The van der Waals surface area contributed by atoms with E-state index in [0.29, 0.717) is 5.13 Å². The van der Waals surface area contributed by atoms with Gasteiger partial charge >= 0.3 is 6.03 Å². The van der Waals surface area contributed by atoms with E-state index < -0.39 is 6.10 Å². The summed E-state index contributed by atoms with van der Waals surface area (Å²) in [5.74, 6) is 0. The summed E-state index contributed by atoms with van der Waals surface area (Å²) < 4.78 is 0. The Bertz CT molecular complexity index is 613. The molecule has 2 rings (SSSR count). The average molecular weight is 320 g/mol. The predicted molar refractivity (Wildman–Crippen MR) is 87.9 cm³/mol. The fourth-order valence-corrected chi connectivity index (χ4v) is 2.66. The maximum absolute atomic E-state index is 12.3. The van der Waals surface area contributed by atoms with Crippen LogP contribution in [0.3, 0.4) is 0 Å². The Kier molecular flexibility index (Phi) is 5.46. The van der Waals surface area contributed by atoms with Crippen molar-refractivity contribution in [3.05, 3.63) is 29.9 Å². The molecule has 2 aromatic rings. The molecule has 6 nitrogen and oxygen atoms in total. The van der Waals surface area contributed by atoms with Gasteiger partial charge in [-0.1, -0.05) is 0 Å². The molecule has 0 radical (unpaired) electrons. The second-order valence-electron chi connectivity index (χ2n) is 5.30. The van der Waals surface area contributed by atoms with Gasteiger partial charge in [-0.2, -0.15) is 0 Å². The maximum atomic E-state index is 12.3. The highest BCUT2D eigenvalue weighted by Gasteiger charge is 2.19. The molecule has 1 atom stereocenters. The number of thiazole rings is 1. The molecule has 2 aromatic heterocycles. The van der Waals surface area contributed by atoms with Crippen LogP contribution >= 0.6 is 11.3 Å². The third-order valence-electron chi connectivity index (χ3n) is 3.02. The zero-order valence-electron chi connectivity index (χ0n) is 12.9. The zero-order chi connectivity index (χ0) is 16.1. The molecule has 0 bridgehead atoms. The molecule has 22 heavy (non-hydrogen) atoms. The van der Waals surface area contributed by atoms with Crippen LogP contribution in [0, 0.1) is 0 Å². The normalized spacial score (nSPS) is 12.2. The SMILES string of the molecule is CC(C)N(C[C@@H](C)O)C(=O)Nc1nc(-c2cccnc2)cs1. The molecule has 0 saturated carbocycles. The van der Waals surface area contributed by atoms with Crippen LogP contribution in [0.5, 0.6) is 0 Å². The first-order valence-corrected chi connectivity index (χ1v) is 7.97. The average Bonchev–Trinajstić information content (AvgIpc) is 2.93. The summed E-state index contributed by atoms with van der Waals surface area (Å²) in [6.45, 7) is 5.76. The van der Waals surface area contributed by atoms with Gasteiger partial charge in [0.15, 0.2) is 5.13 Å². The molecule has 0 aliphatic heterocycles. The van der Waals surface area contributed by atoms with Crippen LogP contribution in [0.1, 0.15) is 20.8 Å². The van der Waals surface area contributed by atoms with Gasteiger partial charge in [-0.25, -0.2) is 9.78 Å². The number of anilines is 1. The summed E-state index contributed by atoms with van der Waals surface area (Å²) in [6.07, 6.45) is 2.86. The molecular weight excluding hydrogens is 300 g/mol. The van der Waals surface area contributed by atoms with Crippen molar-refractivity contribution in [1.82, 2.24) is 14.9 Å². The Balaban J connectivity index is 2.07. The third-order valence-corrected chi connectivity index (χ3v) is 3.78. The van der Waals surface area contributed by atoms with Crippen molar-refractivity contribution < 1.29 is 9.90 Å². The summed E-state index contributed by atoms with van der Waals surface area (Å²) in [4.78, 5) is 22.3. The van der Waals surface area contributed by atoms with Gasteiger partial charge in [-0.3, -0.25) is 10.3 Å². The molecule has 0 unspecified atom stereocenters. The van der Waals surface area contributed by atoms with Gasteiger partial charge in [0.2, 0.25) is 0 Å². The molecule has 2 amide bonds. The number of amides is 2. The van der Waals surface area contributed by atoms with Gasteiger partial charge in [0.25, 0.3) is 0 Å². The molecule has 0 fully saturated rings. The first-order chi connectivity index (χ1) is 10.5. The van der Waals surface area contributed by atoms with Gasteiger partial charge in [0, 0.05) is 35.9 Å². The van der Waals surface area contributed by atoms with E-state index in [0.717, 1.165) is 11.3 Å². The van der Waals surface area contributed by atoms with Crippen LogP contribution in [-0.2, 0) is 0 Å². The highest BCUT2D eigenvalue weighted by atomic mass is 32.1. The number of carbonyl (C=O) groups excluding carboxylic acids is 1. The molecule has 0 spiro atoms. The van der Waals surface area contributed by atoms with E-state index in [2.05, 4.69) is 15.3 Å². The van der Waals surface area contributed by atoms with Gasteiger partial charge in [0.1, 0.15) is 0 Å². The van der Waals surface area contributed by atoms with Crippen molar-refractivity contribution in [3.63, 3.8) is 0 Å². The summed E-state index contributed by atoms with van der Waals surface area (Å²) in [5, 5.41) is 14.7. The van der Waals surface area contributed by atoms with E-state index in [-0.39, 0.29) is 18.6 Å². The monoisotopic (exact) mass is 320 g/mol. The number of nitrogens with one attached hydrogen (secondary N) is 1. The first-order valence-electron chi connectivity index (χ1n) is 7.09. The van der Waals surface area contributed by atoms with E-state index in [1.165, 1.54) is 11.3 Å². The molecule has 0 aromatic carbocycles. The molecular formula is C15H20N4O2S. The molecule has 2 N–H and O–H groups in total. The van der Waals surface area contributed by atoms with E-state index in [1.54, 1.807) is 24.2 Å². The minimum atomic E-state index is -0.574. The standard InChI is InChI=1S/C15H20N4O2S/c1-10(2)19(8-11(3)20)15(21)18-14-17-13(9-22-14)12-5-4-6-16-7-12/h4-7,9-11,20H,8H2,1-3H3,(H,17,18,21)/t11-/m1/s1. The number of hydrogen-bond acceptors (Lipinski definition) is 5. The van der Waals surface area contributed by atoms with Gasteiger partial charge < -0.3 is 10.0 Å². The van der Waals surface area contributed by atoms with Gasteiger partial charge in [-0.15, -0.1) is 11.3 Å². The number of aliphatic hydroxyl groups excluding tert-OH is 1. The topological polar surface area (TPSA) is 78.4 Å². The molecule has 0 aliphatic rings. The van der Waals surface area contributed by atoms with Crippen molar-refractivity contribution >= 4 is 22.5 Å². The molecule has 2 heterocycles. The quantitative estimate of drug-likeness (QED) is 0.888. The van der Waals surface area contributed by atoms with E-state index in [4.69, 9.17) is 0 Å². The molecule has 118 valence electrons. The van der Waals surface area contributed by atoms with Crippen molar-refractivity contribution in [2.45, 2.75) is 32.9 Å². The second kappa shape index (κ2) is 7.33. The number of urea groups is 1. The highest BCUT2D eigenvalue weighted by molar-refractivity contribution is 7.14. The lowest BCUT2D eigenvalue weighted by Gasteiger charge is -2.27. The number of pyridine rings is 1. The van der Waals surface area contributed by atoms with Crippen molar-refractivity contribution in [2.75, 3.05) is 11.9 Å². The van der Waals surface area contributed by atoms with Crippen molar-refractivity contribution in [1.29, 1.82) is 0 Å². The summed E-state index contributed by atoms with van der Waals surface area (Å²) in [7, 11) is 0. The van der Waals surface area contributed by atoms with Crippen LogP contribution in [-0.4, -0.2) is 44.7 Å². The first kappa shape index (κ1) is 16.4. The third kappa shape index (κ3) is 4.25. The lowest BCUT2D eigenvalue weighted by Crippen LogP contribution is -2.43. The fraction of sp³-hybridized carbons (Fsp3) is 0.400. The lowest BCUT2D eigenvalue weighted by atomic mass is 10.2. The Labute approximate surface area is 133 Å². The fourth-order valence-electron chi connectivity index (χ4n) is 1.95. The second-order valence-corrected chi connectivity index (χ2v) is 6.16. The Morgan fingerprint density at radius 2 is 2.23 bits per heavy atom.